The normalized spacial score (nSPS) is 15.5. The lowest BCUT2D eigenvalue weighted by Crippen LogP contribution is -2.48. The molecule has 0 N–H and O–H groups in total. The highest BCUT2D eigenvalue weighted by Crippen LogP contribution is 2.15. The number of hydrogen-bond acceptors (Lipinski definition) is 4. The van der Waals surface area contributed by atoms with Crippen LogP contribution in [-0.2, 0) is 24.2 Å². The Kier molecular flexibility index (Phi) is 6.15. The predicted octanol–water partition coefficient (Wildman–Crippen LogP) is 3.12. The van der Waals surface area contributed by atoms with Gasteiger partial charge in [0.2, 0.25) is 5.91 Å². The molecule has 0 radical (unpaired) electrons. The largest absolute Gasteiger partial charge is 0.340 e. The molecule has 1 saturated heterocycles. The van der Waals surface area contributed by atoms with Crippen LogP contribution in [0, 0.1) is 5.82 Å². The Labute approximate surface area is 152 Å². The molecular weight excluding hydrogens is 337 g/mol. The maximum absolute atomic E-state index is 13.6. The van der Waals surface area contributed by atoms with Gasteiger partial charge in [0.25, 0.3) is 0 Å². The summed E-state index contributed by atoms with van der Waals surface area (Å²) in [6.45, 7) is 6.18. The molecule has 25 heavy (non-hydrogen) atoms. The lowest BCUT2D eigenvalue weighted by Gasteiger charge is -2.34. The van der Waals surface area contributed by atoms with E-state index in [1.807, 2.05) is 11.0 Å². The highest BCUT2D eigenvalue weighted by atomic mass is 32.1. The Morgan fingerprint density at radius 1 is 1.24 bits per heavy atom. The van der Waals surface area contributed by atoms with Crippen molar-refractivity contribution in [3.63, 3.8) is 0 Å². The highest BCUT2D eigenvalue weighted by Gasteiger charge is 2.21. The molecule has 4 nitrogen and oxygen atoms in total. The predicted molar refractivity (Wildman–Crippen MR) is 98.1 cm³/mol. The van der Waals surface area contributed by atoms with Crippen molar-refractivity contribution >= 4 is 17.2 Å². The number of hydrogen-bond donors (Lipinski definition) is 0. The lowest BCUT2D eigenvalue weighted by molar-refractivity contribution is -0.133. The van der Waals surface area contributed by atoms with Gasteiger partial charge in [-0.3, -0.25) is 9.69 Å². The molecule has 0 atom stereocenters. The van der Waals surface area contributed by atoms with Crippen LogP contribution in [0.15, 0.2) is 29.6 Å². The number of aryl methyl sites for hydroxylation is 2. The molecule has 0 unspecified atom stereocenters. The highest BCUT2D eigenvalue weighted by molar-refractivity contribution is 7.09. The first-order valence-corrected chi connectivity index (χ1v) is 9.70. The van der Waals surface area contributed by atoms with Gasteiger partial charge in [0.15, 0.2) is 0 Å². The third-order valence-electron chi connectivity index (χ3n) is 4.58. The Morgan fingerprint density at radius 2 is 2.00 bits per heavy atom. The van der Waals surface area contributed by atoms with Crippen LogP contribution in [-0.4, -0.2) is 46.9 Å². The minimum atomic E-state index is -0.227. The van der Waals surface area contributed by atoms with Crippen LogP contribution < -0.4 is 0 Å². The summed E-state index contributed by atoms with van der Waals surface area (Å²) in [6.07, 6.45) is 1.81. The third-order valence-corrected chi connectivity index (χ3v) is 5.62. The van der Waals surface area contributed by atoms with E-state index >= 15 is 0 Å². The number of amides is 1. The Balaban J connectivity index is 1.43. The molecule has 1 aliphatic rings. The second-order valence-electron chi connectivity index (χ2n) is 6.33. The third kappa shape index (κ3) is 4.86. The number of carbonyl (C=O) groups is 1. The summed E-state index contributed by atoms with van der Waals surface area (Å²) in [5.41, 5.74) is 1.74. The van der Waals surface area contributed by atoms with Crippen LogP contribution in [0.25, 0.3) is 0 Å². The van der Waals surface area contributed by atoms with Gasteiger partial charge in [-0.05, 0) is 24.5 Å². The Morgan fingerprint density at radius 3 is 2.68 bits per heavy atom. The molecule has 0 spiro atoms. The Hall–Kier alpha value is -1.79. The molecule has 1 aromatic carbocycles. The fourth-order valence-electron chi connectivity index (χ4n) is 3.07. The summed E-state index contributed by atoms with van der Waals surface area (Å²) in [6, 6.07) is 6.68. The van der Waals surface area contributed by atoms with Crippen molar-refractivity contribution in [2.75, 3.05) is 26.2 Å². The van der Waals surface area contributed by atoms with E-state index in [0.29, 0.717) is 18.4 Å². The smallest absolute Gasteiger partial charge is 0.222 e. The molecule has 0 aliphatic carbocycles. The summed E-state index contributed by atoms with van der Waals surface area (Å²) in [5.74, 6) is -0.111. The van der Waals surface area contributed by atoms with E-state index in [2.05, 4.69) is 22.2 Å². The monoisotopic (exact) mass is 361 g/mol. The van der Waals surface area contributed by atoms with E-state index in [1.54, 1.807) is 23.5 Å². The average molecular weight is 361 g/mol. The van der Waals surface area contributed by atoms with Gasteiger partial charge in [0, 0.05) is 44.5 Å². The summed E-state index contributed by atoms with van der Waals surface area (Å²) in [5, 5.41) is 3.31. The number of rotatable bonds is 6. The average Bonchev–Trinajstić information content (AvgIpc) is 3.09. The molecule has 0 bridgehead atoms. The van der Waals surface area contributed by atoms with Gasteiger partial charge >= 0.3 is 0 Å². The van der Waals surface area contributed by atoms with Crippen LogP contribution in [0.2, 0.25) is 0 Å². The van der Waals surface area contributed by atoms with E-state index in [0.717, 1.165) is 44.8 Å². The first-order valence-electron chi connectivity index (χ1n) is 8.82. The van der Waals surface area contributed by atoms with E-state index in [1.165, 1.54) is 11.1 Å². The van der Waals surface area contributed by atoms with Gasteiger partial charge in [-0.1, -0.05) is 25.1 Å². The maximum atomic E-state index is 13.6. The topological polar surface area (TPSA) is 36.4 Å². The lowest BCUT2D eigenvalue weighted by atomic mass is 10.1. The quantitative estimate of drug-likeness (QED) is 0.793. The van der Waals surface area contributed by atoms with Gasteiger partial charge in [-0.2, -0.15) is 0 Å². The van der Waals surface area contributed by atoms with Crippen molar-refractivity contribution in [2.45, 2.75) is 32.7 Å². The van der Waals surface area contributed by atoms with Gasteiger partial charge in [0.1, 0.15) is 5.82 Å². The molecule has 1 amide bonds. The maximum Gasteiger partial charge on any atom is 0.222 e. The van der Waals surface area contributed by atoms with E-state index in [4.69, 9.17) is 0 Å². The molecule has 1 aliphatic heterocycles. The van der Waals surface area contributed by atoms with Crippen molar-refractivity contribution < 1.29 is 9.18 Å². The minimum Gasteiger partial charge on any atom is -0.340 e. The Bertz CT molecular complexity index is 710. The zero-order valence-corrected chi connectivity index (χ0v) is 15.4. The zero-order valence-electron chi connectivity index (χ0n) is 14.6. The zero-order chi connectivity index (χ0) is 17.6. The van der Waals surface area contributed by atoms with Crippen molar-refractivity contribution in [1.29, 1.82) is 0 Å². The molecule has 6 heteroatoms. The van der Waals surface area contributed by atoms with Crippen molar-refractivity contribution in [2.24, 2.45) is 0 Å². The second kappa shape index (κ2) is 8.54. The van der Waals surface area contributed by atoms with Gasteiger partial charge in [-0.25, -0.2) is 9.37 Å². The number of carbonyl (C=O) groups excluding carboxylic acids is 1. The molecule has 1 fully saturated rings. The van der Waals surface area contributed by atoms with E-state index in [9.17, 15) is 9.18 Å². The van der Waals surface area contributed by atoms with Crippen LogP contribution in [0.4, 0.5) is 4.39 Å². The molecule has 134 valence electrons. The number of nitrogens with zero attached hydrogens (tertiary/aromatic N) is 3. The molecule has 3 rings (SSSR count). The first kappa shape index (κ1) is 18.0. The summed E-state index contributed by atoms with van der Waals surface area (Å²) < 4.78 is 13.6. The summed E-state index contributed by atoms with van der Waals surface area (Å²) in [4.78, 5) is 21.2. The van der Waals surface area contributed by atoms with Crippen LogP contribution in [0.3, 0.4) is 0 Å². The summed E-state index contributed by atoms with van der Waals surface area (Å²) >= 11 is 1.72. The van der Waals surface area contributed by atoms with E-state index in [-0.39, 0.29) is 11.7 Å². The molecule has 1 aromatic heterocycles. The number of piperazine rings is 1. The summed E-state index contributed by atoms with van der Waals surface area (Å²) in [7, 11) is 0. The minimum absolute atomic E-state index is 0.116. The van der Waals surface area contributed by atoms with Crippen molar-refractivity contribution in [3.8, 4) is 0 Å². The van der Waals surface area contributed by atoms with Gasteiger partial charge in [-0.15, -0.1) is 11.3 Å². The van der Waals surface area contributed by atoms with Crippen molar-refractivity contribution in [3.05, 3.63) is 51.7 Å². The number of thiazole rings is 1. The molecule has 0 saturated carbocycles. The first-order chi connectivity index (χ1) is 12.2. The fraction of sp³-hybridized carbons (Fsp3) is 0.474. The fourth-order valence-corrected chi connectivity index (χ4v) is 3.81. The van der Waals surface area contributed by atoms with Gasteiger partial charge in [0.05, 0.1) is 10.7 Å². The van der Waals surface area contributed by atoms with Gasteiger partial charge < -0.3 is 4.90 Å². The molecule has 2 heterocycles. The second-order valence-corrected chi connectivity index (χ2v) is 7.28. The van der Waals surface area contributed by atoms with Crippen LogP contribution >= 0.6 is 11.3 Å². The SMILES string of the molecule is CCc1nc(CN2CCN(C(=O)CCc3ccccc3F)CC2)cs1. The standard InChI is InChI=1S/C19H24FN3OS/c1-2-18-21-16(14-25-18)13-22-9-11-23(12-10-22)19(24)8-7-15-5-3-4-6-17(15)20/h3-6,14H,2,7-13H2,1H3. The van der Waals surface area contributed by atoms with Crippen LogP contribution in [0.1, 0.15) is 29.6 Å². The number of aromatic nitrogens is 1. The van der Waals surface area contributed by atoms with Crippen molar-refractivity contribution in [1.82, 2.24) is 14.8 Å². The number of benzene rings is 1. The number of halogens is 1. The molecular formula is C19H24FN3OS. The molecule has 2 aromatic rings. The van der Waals surface area contributed by atoms with Crippen LogP contribution in [0.5, 0.6) is 0 Å². The van der Waals surface area contributed by atoms with E-state index < -0.39 is 0 Å².